The lowest BCUT2D eigenvalue weighted by atomic mass is 10.0. The third-order valence-electron chi connectivity index (χ3n) is 3.97. The van der Waals surface area contributed by atoms with E-state index in [1.54, 1.807) is 12.1 Å². The van der Waals surface area contributed by atoms with Crippen LogP contribution in [-0.4, -0.2) is 23.0 Å². The van der Waals surface area contributed by atoms with E-state index in [0.29, 0.717) is 5.56 Å². The molecule has 1 atom stereocenters. The highest BCUT2D eigenvalue weighted by molar-refractivity contribution is 9.10. The summed E-state index contributed by atoms with van der Waals surface area (Å²) in [6, 6.07) is 19.3. The van der Waals surface area contributed by atoms with E-state index in [2.05, 4.69) is 21.2 Å². The fourth-order valence-corrected chi connectivity index (χ4v) is 3.21. The minimum Gasteiger partial charge on any atom is -0.480 e. The zero-order chi connectivity index (χ0) is 17.8. The Morgan fingerprint density at radius 1 is 1.00 bits per heavy atom. The highest BCUT2D eigenvalue weighted by Crippen LogP contribution is 2.19. The number of carboxylic acid groups (broad SMARTS) is 1. The molecule has 0 heterocycles. The molecule has 0 aliphatic rings. The number of aliphatic carboxylic acids is 1. The molecule has 0 spiro atoms. The Hall–Kier alpha value is -2.66. The van der Waals surface area contributed by atoms with Crippen LogP contribution in [0.25, 0.3) is 10.8 Å². The van der Waals surface area contributed by atoms with E-state index >= 15 is 0 Å². The lowest BCUT2D eigenvalue weighted by Gasteiger charge is -2.16. The summed E-state index contributed by atoms with van der Waals surface area (Å²) in [5, 5.41) is 13.9. The van der Waals surface area contributed by atoms with Crippen molar-refractivity contribution in [3.8, 4) is 0 Å². The normalized spacial score (nSPS) is 11.9. The quantitative estimate of drug-likeness (QED) is 0.682. The number of benzene rings is 3. The molecule has 25 heavy (non-hydrogen) atoms. The fraction of sp³-hybridized carbons (Fsp3) is 0.100. The van der Waals surface area contributed by atoms with Crippen molar-refractivity contribution in [1.82, 2.24) is 5.32 Å². The molecule has 0 saturated carbocycles. The van der Waals surface area contributed by atoms with Gasteiger partial charge in [0.15, 0.2) is 0 Å². The SMILES string of the molecule is O=C(N[C@@H](Cc1cccc(Br)c1)C(=O)O)c1cccc2ccccc12. The molecule has 126 valence electrons. The molecule has 2 N–H and O–H groups in total. The van der Waals surface area contributed by atoms with Gasteiger partial charge in [0.1, 0.15) is 6.04 Å². The Morgan fingerprint density at radius 2 is 1.72 bits per heavy atom. The van der Waals surface area contributed by atoms with Crippen LogP contribution in [-0.2, 0) is 11.2 Å². The summed E-state index contributed by atoms with van der Waals surface area (Å²) in [6.07, 6.45) is 0.214. The predicted octanol–water partition coefficient (Wildman–Crippen LogP) is 4.03. The minimum absolute atomic E-state index is 0.214. The second kappa shape index (κ2) is 7.49. The van der Waals surface area contributed by atoms with Crippen LogP contribution in [0.4, 0.5) is 0 Å². The molecule has 4 nitrogen and oxygen atoms in total. The first-order valence-corrected chi connectivity index (χ1v) is 8.60. The van der Waals surface area contributed by atoms with Crippen LogP contribution in [0.2, 0.25) is 0 Å². The molecule has 0 aliphatic carbocycles. The maximum atomic E-state index is 12.6. The molecule has 3 aromatic carbocycles. The lowest BCUT2D eigenvalue weighted by molar-refractivity contribution is -0.139. The average Bonchev–Trinajstić information content (AvgIpc) is 2.60. The van der Waals surface area contributed by atoms with Crippen molar-refractivity contribution in [2.75, 3.05) is 0 Å². The van der Waals surface area contributed by atoms with Crippen LogP contribution in [0.15, 0.2) is 71.2 Å². The molecule has 3 aromatic rings. The average molecular weight is 398 g/mol. The topological polar surface area (TPSA) is 66.4 Å². The smallest absolute Gasteiger partial charge is 0.326 e. The first-order valence-electron chi connectivity index (χ1n) is 7.80. The van der Waals surface area contributed by atoms with E-state index in [-0.39, 0.29) is 12.3 Å². The van der Waals surface area contributed by atoms with E-state index < -0.39 is 12.0 Å². The Kier molecular flexibility index (Phi) is 5.14. The Balaban J connectivity index is 1.84. The summed E-state index contributed by atoms with van der Waals surface area (Å²) in [4.78, 5) is 24.2. The Labute approximate surface area is 153 Å². The highest BCUT2D eigenvalue weighted by Gasteiger charge is 2.22. The standard InChI is InChI=1S/C20H16BrNO3/c21-15-8-3-5-13(11-15)12-18(20(24)25)22-19(23)17-10-4-7-14-6-1-2-9-16(14)17/h1-11,18H,12H2,(H,22,23)(H,24,25)/t18-/m0/s1. The Bertz CT molecular complexity index is 934. The van der Waals surface area contributed by atoms with Gasteiger partial charge in [-0.15, -0.1) is 0 Å². The maximum absolute atomic E-state index is 12.6. The summed E-state index contributed by atoms with van der Waals surface area (Å²) in [5.74, 6) is -1.45. The van der Waals surface area contributed by atoms with Crippen LogP contribution < -0.4 is 5.32 Å². The number of nitrogens with one attached hydrogen (secondary N) is 1. The first kappa shape index (κ1) is 17.2. The maximum Gasteiger partial charge on any atom is 0.326 e. The molecule has 0 aliphatic heterocycles. The molecule has 0 aromatic heterocycles. The molecule has 0 fully saturated rings. The van der Waals surface area contributed by atoms with E-state index in [0.717, 1.165) is 20.8 Å². The van der Waals surface area contributed by atoms with Crippen LogP contribution >= 0.6 is 15.9 Å². The largest absolute Gasteiger partial charge is 0.480 e. The molecule has 3 rings (SSSR count). The number of rotatable bonds is 5. The molecule has 1 amide bonds. The van der Waals surface area contributed by atoms with Crippen molar-refractivity contribution in [1.29, 1.82) is 0 Å². The summed E-state index contributed by atoms with van der Waals surface area (Å²) in [6.45, 7) is 0. The molecule has 0 saturated heterocycles. The number of carbonyl (C=O) groups excluding carboxylic acids is 1. The molecular formula is C20H16BrNO3. The van der Waals surface area contributed by atoms with Gasteiger partial charge in [0.25, 0.3) is 5.91 Å². The minimum atomic E-state index is -1.06. The van der Waals surface area contributed by atoms with Gasteiger partial charge in [-0.1, -0.05) is 64.5 Å². The lowest BCUT2D eigenvalue weighted by Crippen LogP contribution is -2.42. The fourth-order valence-electron chi connectivity index (χ4n) is 2.76. The van der Waals surface area contributed by atoms with Gasteiger partial charge in [-0.3, -0.25) is 4.79 Å². The predicted molar refractivity (Wildman–Crippen MR) is 101 cm³/mol. The van der Waals surface area contributed by atoms with Gasteiger partial charge in [0, 0.05) is 16.5 Å². The van der Waals surface area contributed by atoms with Crippen molar-refractivity contribution in [3.05, 3.63) is 82.3 Å². The molecule has 5 heteroatoms. The number of fused-ring (bicyclic) bond motifs is 1. The van der Waals surface area contributed by atoms with Crippen LogP contribution in [0.1, 0.15) is 15.9 Å². The molecule has 0 radical (unpaired) electrons. The number of halogens is 1. The van der Waals surface area contributed by atoms with Crippen LogP contribution in [0.5, 0.6) is 0 Å². The second-order valence-corrected chi connectivity index (χ2v) is 6.64. The third kappa shape index (κ3) is 4.06. The van der Waals surface area contributed by atoms with Crippen LogP contribution in [0.3, 0.4) is 0 Å². The number of amides is 1. The van der Waals surface area contributed by atoms with Gasteiger partial charge in [0.05, 0.1) is 0 Å². The van der Waals surface area contributed by atoms with Crippen LogP contribution in [0, 0.1) is 0 Å². The first-order chi connectivity index (χ1) is 12.0. The van der Waals surface area contributed by atoms with Gasteiger partial charge in [-0.25, -0.2) is 4.79 Å². The van der Waals surface area contributed by atoms with Gasteiger partial charge < -0.3 is 10.4 Å². The van der Waals surface area contributed by atoms with E-state index in [4.69, 9.17) is 0 Å². The third-order valence-corrected chi connectivity index (χ3v) is 4.46. The van der Waals surface area contributed by atoms with Gasteiger partial charge >= 0.3 is 5.97 Å². The number of hydrogen-bond acceptors (Lipinski definition) is 2. The van der Waals surface area contributed by atoms with E-state index in [9.17, 15) is 14.7 Å². The summed E-state index contributed by atoms with van der Waals surface area (Å²) >= 11 is 3.37. The molecular weight excluding hydrogens is 382 g/mol. The van der Waals surface area contributed by atoms with Crippen molar-refractivity contribution in [2.45, 2.75) is 12.5 Å². The summed E-state index contributed by atoms with van der Waals surface area (Å²) in [7, 11) is 0. The zero-order valence-electron chi connectivity index (χ0n) is 13.3. The van der Waals surface area contributed by atoms with Gasteiger partial charge in [-0.05, 0) is 34.5 Å². The van der Waals surface area contributed by atoms with Crippen molar-refractivity contribution in [3.63, 3.8) is 0 Å². The van der Waals surface area contributed by atoms with Crippen molar-refractivity contribution >= 4 is 38.6 Å². The molecule has 0 unspecified atom stereocenters. The summed E-state index contributed by atoms with van der Waals surface area (Å²) in [5.41, 5.74) is 1.30. The number of hydrogen-bond donors (Lipinski definition) is 2. The molecule has 0 bridgehead atoms. The van der Waals surface area contributed by atoms with E-state index in [1.807, 2.05) is 54.6 Å². The second-order valence-electron chi connectivity index (χ2n) is 5.73. The highest BCUT2D eigenvalue weighted by atomic mass is 79.9. The van der Waals surface area contributed by atoms with Crippen molar-refractivity contribution < 1.29 is 14.7 Å². The number of carbonyl (C=O) groups is 2. The van der Waals surface area contributed by atoms with Crippen molar-refractivity contribution in [2.24, 2.45) is 0 Å². The van der Waals surface area contributed by atoms with E-state index in [1.165, 1.54) is 0 Å². The number of carboxylic acids is 1. The zero-order valence-corrected chi connectivity index (χ0v) is 14.9. The Morgan fingerprint density at radius 3 is 2.48 bits per heavy atom. The summed E-state index contributed by atoms with van der Waals surface area (Å²) < 4.78 is 0.870. The monoisotopic (exact) mass is 397 g/mol. The van der Waals surface area contributed by atoms with Gasteiger partial charge in [-0.2, -0.15) is 0 Å². The van der Waals surface area contributed by atoms with Gasteiger partial charge in [0.2, 0.25) is 0 Å².